The summed E-state index contributed by atoms with van der Waals surface area (Å²) in [5.74, 6) is -0.280. The summed E-state index contributed by atoms with van der Waals surface area (Å²) in [6.07, 6.45) is 0. The molecule has 4 heteroatoms. The molecule has 3 nitrogen and oxygen atoms in total. The minimum Gasteiger partial charge on any atom is -0.465 e. The predicted molar refractivity (Wildman–Crippen MR) is 49.9 cm³/mol. The molecule has 12 heavy (non-hydrogen) atoms. The first-order valence-electron chi connectivity index (χ1n) is 3.54. The highest BCUT2D eigenvalue weighted by Crippen LogP contribution is 2.27. The van der Waals surface area contributed by atoms with E-state index in [0.717, 1.165) is 10.6 Å². The number of hydrogen-bond acceptors (Lipinski definition) is 4. The zero-order valence-electron chi connectivity index (χ0n) is 7.30. The van der Waals surface area contributed by atoms with E-state index in [1.54, 1.807) is 7.05 Å². The van der Waals surface area contributed by atoms with Crippen LogP contribution in [0.15, 0.2) is 5.38 Å². The summed E-state index contributed by atoms with van der Waals surface area (Å²) < 4.78 is 4.65. The quantitative estimate of drug-likeness (QED) is 0.715. The van der Waals surface area contributed by atoms with Crippen molar-refractivity contribution in [1.29, 1.82) is 0 Å². The third-order valence-electron chi connectivity index (χ3n) is 1.59. The summed E-state index contributed by atoms with van der Waals surface area (Å²) >= 11 is 1.51. The number of thiophene rings is 1. The second kappa shape index (κ2) is 3.58. The van der Waals surface area contributed by atoms with Crippen LogP contribution in [-0.2, 0) is 4.74 Å². The van der Waals surface area contributed by atoms with Crippen LogP contribution in [0.5, 0.6) is 0 Å². The van der Waals surface area contributed by atoms with E-state index in [4.69, 9.17) is 0 Å². The maximum absolute atomic E-state index is 11.2. The van der Waals surface area contributed by atoms with Crippen molar-refractivity contribution in [2.45, 2.75) is 6.92 Å². The lowest BCUT2D eigenvalue weighted by Crippen LogP contribution is -2.04. The Bertz CT molecular complexity index is 293. The number of methoxy groups -OCH3 is 1. The van der Waals surface area contributed by atoms with E-state index in [1.807, 2.05) is 12.3 Å². The van der Waals surface area contributed by atoms with Gasteiger partial charge in [0, 0.05) is 7.05 Å². The van der Waals surface area contributed by atoms with Gasteiger partial charge in [0.05, 0.1) is 12.7 Å². The summed E-state index contributed by atoms with van der Waals surface area (Å²) in [6, 6.07) is 0. The zero-order valence-corrected chi connectivity index (χ0v) is 8.12. The Labute approximate surface area is 75.4 Å². The van der Waals surface area contributed by atoms with Crippen molar-refractivity contribution >= 4 is 22.3 Å². The molecule has 0 unspecified atom stereocenters. The molecule has 0 atom stereocenters. The second-order valence-corrected chi connectivity index (χ2v) is 3.24. The molecule has 1 rings (SSSR count). The molecule has 0 saturated heterocycles. The number of rotatable bonds is 2. The summed E-state index contributed by atoms with van der Waals surface area (Å²) in [4.78, 5) is 11.2. The van der Waals surface area contributed by atoms with Gasteiger partial charge in [-0.15, -0.1) is 11.3 Å². The van der Waals surface area contributed by atoms with E-state index in [1.165, 1.54) is 18.4 Å². The number of aryl methyl sites for hydroxylation is 1. The van der Waals surface area contributed by atoms with Gasteiger partial charge in [0.2, 0.25) is 0 Å². The molecule has 1 aromatic heterocycles. The van der Waals surface area contributed by atoms with E-state index in [0.29, 0.717) is 5.56 Å². The SMILES string of the molecule is CNc1scc(C)c1C(=O)OC. The Hall–Kier alpha value is -1.03. The lowest BCUT2D eigenvalue weighted by molar-refractivity contribution is 0.0601. The molecule has 0 saturated carbocycles. The highest BCUT2D eigenvalue weighted by atomic mass is 32.1. The standard InChI is InChI=1S/C8H11NO2S/c1-5-4-12-7(9-2)6(5)8(10)11-3/h4,9H,1-3H3. The maximum Gasteiger partial charge on any atom is 0.341 e. The van der Waals surface area contributed by atoms with E-state index < -0.39 is 0 Å². The second-order valence-electron chi connectivity index (χ2n) is 2.36. The van der Waals surface area contributed by atoms with Crippen molar-refractivity contribution < 1.29 is 9.53 Å². The first-order valence-corrected chi connectivity index (χ1v) is 4.42. The van der Waals surface area contributed by atoms with Crippen LogP contribution in [0, 0.1) is 6.92 Å². The molecule has 0 amide bonds. The van der Waals surface area contributed by atoms with Crippen LogP contribution in [0.1, 0.15) is 15.9 Å². The monoisotopic (exact) mass is 185 g/mol. The number of carbonyl (C=O) groups excluding carboxylic acids is 1. The lowest BCUT2D eigenvalue weighted by Gasteiger charge is -2.01. The van der Waals surface area contributed by atoms with Gasteiger partial charge >= 0.3 is 5.97 Å². The molecule has 0 spiro atoms. The van der Waals surface area contributed by atoms with Gasteiger partial charge in [-0.2, -0.15) is 0 Å². The van der Waals surface area contributed by atoms with Crippen LogP contribution < -0.4 is 5.32 Å². The molecule has 1 N–H and O–H groups in total. The smallest absolute Gasteiger partial charge is 0.341 e. The summed E-state index contributed by atoms with van der Waals surface area (Å²) in [5.41, 5.74) is 1.60. The van der Waals surface area contributed by atoms with Crippen LogP contribution in [0.2, 0.25) is 0 Å². The molecule has 1 aromatic rings. The van der Waals surface area contributed by atoms with Crippen LogP contribution >= 0.6 is 11.3 Å². The Kier molecular flexibility index (Phi) is 2.70. The number of hydrogen-bond donors (Lipinski definition) is 1. The van der Waals surface area contributed by atoms with Crippen molar-refractivity contribution in [3.8, 4) is 0 Å². The molecule has 0 radical (unpaired) electrons. The van der Waals surface area contributed by atoms with Crippen molar-refractivity contribution in [3.05, 3.63) is 16.5 Å². The molecule has 0 aliphatic carbocycles. The average Bonchev–Trinajstić information content (AvgIpc) is 2.45. The minimum absolute atomic E-state index is 0.280. The van der Waals surface area contributed by atoms with Gasteiger partial charge in [0.25, 0.3) is 0 Å². The third-order valence-corrected chi connectivity index (χ3v) is 2.71. The number of esters is 1. The first-order chi connectivity index (χ1) is 5.70. The number of carbonyl (C=O) groups is 1. The molecule has 66 valence electrons. The van der Waals surface area contributed by atoms with E-state index in [2.05, 4.69) is 10.1 Å². The molecule has 0 aliphatic rings. The van der Waals surface area contributed by atoms with Crippen molar-refractivity contribution in [1.82, 2.24) is 0 Å². The topological polar surface area (TPSA) is 38.3 Å². The Morgan fingerprint density at radius 2 is 2.33 bits per heavy atom. The Balaban J connectivity index is 3.10. The normalized spacial score (nSPS) is 9.58. The molecule has 1 heterocycles. The van der Waals surface area contributed by atoms with Gasteiger partial charge in [0.1, 0.15) is 5.00 Å². The van der Waals surface area contributed by atoms with Gasteiger partial charge in [-0.1, -0.05) is 0 Å². The van der Waals surface area contributed by atoms with Crippen LogP contribution in [-0.4, -0.2) is 20.1 Å². The highest BCUT2D eigenvalue weighted by Gasteiger charge is 2.15. The summed E-state index contributed by atoms with van der Waals surface area (Å²) in [7, 11) is 3.18. The fraction of sp³-hybridized carbons (Fsp3) is 0.375. The zero-order chi connectivity index (χ0) is 9.14. The third kappa shape index (κ3) is 1.43. The number of nitrogens with one attached hydrogen (secondary N) is 1. The van der Waals surface area contributed by atoms with Gasteiger partial charge in [0.15, 0.2) is 0 Å². The van der Waals surface area contributed by atoms with Crippen LogP contribution in [0.3, 0.4) is 0 Å². The first kappa shape index (κ1) is 9.06. The van der Waals surface area contributed by atoms with Gasteiger partial charge in [-0.25, -0.2) is 4.79 Å². The van der Waals surface area contributed by atoms with Crippen molar-refractivity contribution in [2.24, 2.45) is 0 Å². The fourth-order valence-electron chi connectivity index (χ4n) is 0.984. The van der Waals surface area contributed by atoms with Gasteiger partial charge < -0.3 is 10.1 Å². The van der Waals surface area contributed by atoms with Crippen molar-refractivity contribution in [2.75, 3.05) is 19.5 Å². The van der Waals surface area contributed by atoms with E-state index in [-0.39, 0.29) is 5.97 Å². The molecule has 0 aliphatic heterocycles. The largest absolute Gasteiger partial charge is 0.465 e. The molecule has 0 fully saturated rings. The molecular weight excluding hydrogens is 174 g/mol. The fourth-order valence-corrected chi connectivity index (χ4v) is 1.88. The van der Waals surface area contributed by atoms with Gasteiger partial charge in [-0.3, -0.25) is 0 Å². The average molecular weight is 185 g/mol. The van der Waals surface area contributed by atoms with Crippen molar-refractivity contribution in [3.63, 3.8) is 0 Å². The minimum atomic E-state index is -0.280. The van der Waals surface area contributed by atoms with Crippen LogP contribution in [0.25, 0.3) is 0 Å². The molecule has 0 bridgehead atoms. The highest BCUT2D eigenvalue weighted by molar-refractivity contribution is 7.14. The van der Waals surface area contributed by atoms with Gasteiger partial charge in [-0.05, 0) is 17.9 Å². The number of ether oxygens (including phenoxy) is 1. The predicted octanol–water partition coefficient (Wildman–Crippen LogP) is 1.88. The van der Waals surface area contributed by atoms with E-state index in [9.17, 15) is 4.79 Å². The molecule has 0 aromatic carbocycles. The summed E-state index contributed by atoms with van der Waals surface area (Å²) in [6.45, 7) is 1.89. The Morgan fingerprint density at radius 1 is 1.67 bits per heavy atom. The van der Waals surface area contributed by atoms with E-state index >= 15 is 0 Å². The number of anilines is 1. The molecular formula is C8H11NO2S. The van der Waals surface area contributed by atoms with Crippen LogP contribution in [0.4, 0.5) is 5.00 Å². The summed E-state index contributed by atoms with van der Waals surface area (Å²) in [5, 5.41) is 5.74. The maximum atomic E-state index is 11.2. The lowest BCUT2D eigenvalue weighted by atomic mass is 10.2. The Morgan fingerprint density at radius 3 is 2.83 bits per heavy atom.